The first kappa shape index (κ1) is 19.2. The summed E-state index contributed by atoms with van der Waals surface area (Å²) in [5.74, 6) is 3.60. The molecule has 0 radical (unpaired) electrons. The third-order valence-electron chi connectivity index (χ3n) is 5.76. The lowest BCUT2D eigenvalue weighted by atomic mass is 9.81. The van der Waals surface area contributed by atoms with Crippen molar-refractivity contribution in [3.05, 3.63) is 36.0 Å². The molecule has 8 heteroatoms. The first-order valence-corrected chi connectivity index (χ1v) is 10.9. The van der Waals surface area contributed by atoms with E-state index in [4.69, 9.17) is 19.1 Å². The Hall–Kier alpha value is -2.74. The van der Waals surface area contributed by atoms with Crippen LogP contribution in [0, 0.1) is 6.92 Å². The van der Waals surface area contributed by atoms with Crippen LogP contribution in [0.5, 0.6) is 5.75 Å². The van der Waals surface area contributed by atoms with Crippen molar-refractivity contribution in [3.63, 3.8) is 0 Å². The van der Waals surface area contributed by atoms with Crippen molar-refractivity contribution in [1.82, 2.24) is 15.0 Å². The Kier molecular flexibility index (Phi) is 4.61. The van der Waals surface area contributed by atoms with E-state index in [1.807, 2.05) is 51.0 Å². The molecule has 156 valence electrons. The number of rotatable bonds is 5. The SMILES string of the molecule is COc1cc(Nc2nc3c(c(N(C)C)n2)SC2(CCC2)C3)ccc1-c1cnc(C)o1. The lowest BCUT2D eigenvalue weighted by Crippen LogP contribution is -2.32. The fourth-order valence-electron chi connectivity index (χ4n) is 4.06. The summed E-state index contributed by atoms with van der Waals surface area (Å²) >= 11 is 1.97. The Labute approximate surface area is 180 Å². The number of benzene rings is 1. The molecule has 0 unspecified atom stereocenters. The van der Waals surface area contributed by atoms with E-state index in [0.717, 1.165) is 29.2 Å². The van der Waals surface area contributed by atoms with E-state index >= 15 is 0 Å². The summed E-state index contributed by atoms with van der Waals surface area (Å²) in [6.07, 6.45) is 6.58. The van der Waals surface area contributed by atoms with E-state index < -0.39 is 0 Å². The van der Waals surface area contributed by atoms with Crippen molar-refractivity contribution in [3.8, 4) is 17.1 Å². The smallest absolute Gasteiger partial charge is 0.229 e. The van der Waals surface area contributed by atoms with Crippen molar-refractivity contribution in [2.24, 2.45) is 0 Å². The van der Waals surface area contributed by atoms with Crippen molar-refractivity contribution >= 4 is 29.2 Å². The fourth-order valence-corrected chi connectivity index (χ4v) is 5.75. The molecule has 1 saturated carbocycles. The first-order chi connectivity index (χ1) is 14.5. The Morgan fingerprint density at radius 1 is 1.23 bits per heavy atom. The molecule has 0 bridgehead atoms. The van der Waals surface area contributed by atoms with Crippen LogP contribution in [0.2, 0.25) is 0 Å². The molecule has 1 aliphatic heterocycles. The number of aromatic nitrogens is 3. The van der Waals surface area contributed by atoms with Gasteiger partial charge in [0.25, 0.3) is 0 Å². The molecule has 3 heterocycles. The Bertz CT molecular complexity index is 1110. The van der Waals surface area contributed by atoms with Crippen LogP contribution in [0.3, 0.4) is 0 Å². The number of hydrogen-bond donors (Lipinski definition) is 1. The van der Waals surface area contributed by atoms with Gasteiger partial charge in [0.2, 0.25) is 5.95 Å². The number of nitrogens with one attached hydrogen (secondary N) is 1. The Balaban J connectivity index is 1.46. The molecule has 1 fully saturated rings. The molecule has 2 aliphatic rings. The summed E-state index contributed by atoms with van der Waals surface area (Å²) in [6, 6.07) is 5.87. The van der Waals surface area contributed by atoms with Gasteiger partial charge in [-0.1, -0.05) is 6.42 Å². The van der Waals surface area contributed by atoms with Gasteiger partial charge in [0.15, 0.2) is 11.7 Å². The summed E-state index contributed by atoms with van der Waals surface area (Å²) in [5, 5.41) is 3.37. The summed E-state index contributed by atoms with van der Waals surface area (Å²) in [4.78, 5) is 17.2. The van der Waals surface area contributed by atoms with E-state index in [2.05, 4.69) is 15.2 Å². The maximum absolute atomic E-state index is 5.65. The van der Waals surface area contributed by atoms with E-state index in [1.165, 1.54) is 24.2 Å². The highest BCUT2D eigenvalue weighted by Crippen LogP contribution is 2.57. The van der Waals surface area contributed by atoms with Gasteiger partial charge in [0.1, 0.15) is 11.6 Å². The van der Waals surface area contributed by atoms with Gasteiger partial charge in [-0.25, -0.2) is 9.97 Å². The van der Waals surface area contributed by atoms with E-state index in [0.29, 0.717) is 28.1 Å². The minimum Gasteiger partial charge on any atom is -0.496 e. The Morgan fingerprint density at radius 3 is 2.70 bits per heavy atom. The van der Waals surface area contributed by atoms with Crippen LogP contribution >= 0.6 is 11.8 Å². The van der Waals surface area contributed by atoms with Crippen LogP contribution < -0.4 is 15.0 Å². The van der Waals surface area contributed by atoms with Crippen LogP contribution in [0.15, 0.2) is 33.7 Å². The highest BCUT2D eigenvalue weighted by atomic mass is 32.2. The number of oxazole rings is 1. The average molecular weight is 424 g/mol. The molecule has 0 amide bonds. The van der Waals surface area contributed by atoms with Crippen LogP contribution in [-0.2, 0) is 6.42 Å². The maximum atomic E-state index is 5.65. The number of thioether (sulfide) groups is 1. The molecule has 0 saturated heterocycles. The number of methoxy groups -OCH3 is 1. The van der Waals surface area contributed by atoms with Gasteiger partial charge in [-0.2, -0.15) is 4.98 Å². The highest BCUT2D eigenvalue weighted by Gasteiger charge is 2.45. The van der Waals surface area contributed by atoms with Crippen LogP contribution in [-0.4, -0.2) is 40.9 Å². The van der Waals surface area contributed by atoms with Crippen molar-refractivity contribution in [2.75, 3.05) is 31.4 Å². The average Bonchev–Trinajstić information content (AvgIpc) is 3.30. The second-order valence-electron chi connectivity index (χ2n) is 8.14. The molecule has 1 aromatic carbocycles. The molecule has 7 nitrogen and oxygen atoms in total. The second kappa shape index (κ2) is 7.19. The zero-order valence-electron chi connectivity index (χ0n) is 17.7. The van der Waals surface area contributed by atoms with Crippen LogP contribution in [0.4, 0.5) is 17.5 Å². The second-order valence-corrected chi connectivity index (χ2v) is 9.62. The predicted octanol–water partition coefficient (Wildman–Crippen LogP) is 4.83. The zero-order chi connectivity index (χ0) is 20.9. The van der Waals surface area contributed by atoms with Gasteiger partial charge in [-0.05, 0) is 25.0 Å². The molecule has 5 rings (SSSR count). The summed E-state index contributed by atoms with van der Waals surface area (Å²) in [7, 11) is 5.73. The minimum absolute atomic E-state index is 0.348. The molecule has 1 aliphatic carbocycles. The highest BCUT2D eigenvalue weighted by molar-refractivity contribution is 8.01. The zero-order valence-corrected chi connectivity index (χ0v) is 18.5. The van der Waals surface area contributed by atoms with E-state index in [1.54, 1.807) is 13.3 Å². The molecule has 3 aromatic rings. The molecule has 2 aromatic heterocycles. The van der Waals surface area contributed by atoms with Gasteiger partial charge in [0.05, 0.1) is 29.5 Å². The molecule has 30 heavy (non-hydrogen) atoms. The number of anilines is 3. The first-order valence-electron chi connectivity index (χ1n) is 10.1. The molecular formula is C22H25N5O2S. The third kappa shape index (κ3) is 3.29. The van der Waals surface area contributed by atoms with Gasteiger partial charge in [-0.15, -0.1) is 11.8 Å². The van der Waals surface area contributed by atoms with Crippen LogP contribution in [0.25, 0.3) is 11.3 Å². The number of hydrogen-bond acceptors (Lipinski definition) is 8. The maximum Gasteiger partial charge on any atom is 0.229 e. The number of nitrogens with zero attached hydrogens (tertiary/aromatic N) is 4. The number of fused-ring (bicyclic) bond motifs is 1. The van der Waals surface area contributed by atoms with Crippen molar-refractivity contribution in [1.29, 1.82) is 0 Å². The van der Waals surface area contributed by atoms with Gasteiger partial charge >= 0.3 is 0 Å². The largest absolute Gasteiger partial charge is 0.496 e. The Morgan fingerprint density at radius 2 is 2.07 bits per heavy atom. The van der Waals surface area contributed by atoms with E-state index in [-0.39, 0.29) is 0 Å². The number of aryl methyl sites for hydroxylation is 1. The monoisotopic (exact) mass is 423 g/mol. The quantitative estimate of drug-likeness (QED) is 0.625. The van der Waals surface area contributed by atoms with Gasteiger partial charge in [-0.3, -0.25) is 0 Å². The van der Waals surface area contributed by atoms with Crippen molar-refractivity contribution < 1.29 is 9.15 Å². The summed E-state index contributed by atoms with van der Waals surface area (Å²) in [5.41, 5.74) is 2.87. The van der Waals surface area contributed by atoms with Crippen molar-refractivity contribution in [2.45, 2.75) is 42.2 Å². The summed E-state index contributed by atoms with van der Waals surface area (Å²) in [6.45, 7) is 1.82. The lowest BCUT2D eigenvalue weighted by Gasteiger charge is -2.36. The molecule has 1 N–H and O–H groups in total. The van der Waals surface area contributed by atoms with Gasteiger partial charge in [0, 0.05) is 43.9 Å². The van der Waals surface area contributed by atoms with Crippen LogP contribution in [0.1, 0.15) is 30.8 Å². The molecule has 0 atom stereocenters. The van der Waals surface area contributed by atoms with Gasteiger partial charge < -0.3 is 19.4 Å². The van der Waals surface area contributed by atoms with E-state index in [9.17, 15) is 0 Å². The normalized spacial score (nSPS) is 16.3. The third-order valence-corrected chi connectivity index (χ3v) is 7.37. The number of ether oxygens (including phenoxy) is 1. The molecule has 1 spiro atoms. The minimum atomic E-state index is 0.348. The standard InChI is InChI=1S/C22H25N5O2S/c1-13-23-12-18(29-13)15-7-6-14(10-17(15)28-4)24-21-25-16-11-22(8-5-9-22)30-19(16)20(26-21)27(2)3/h6-7,10,12H,5,8-9,11H2,1-4H3,(H,24,25,26). The summed E-state index contributed by atoms with van der Waals surface area (Å²) < 4.78 is 11.6. The fraction of sp³-hybridized carbons (Fsp3) is 0.409. The lowest BCUT2D eigenvalue weighted by molar-refractivity contribution is 0.365. The predicted molar refractivity (Wildman–Crippen MR) is 119 cm³/mol. The topological polar surface area (TPSA) is 76.3 Å². The molecular weight excluding hydrogens is 398 g/mol.